The molecule has 1 amide bonds. The van der Waals surface area contributed by atoms with Crippen molar-refractivity contribution >= 4 is 68.5 Å². The number of hydrogen-bond donors (Lipinski definition) is 1. The number of benzene rings is 4. The maximum Gasteiger partial charge on any atom is 0.316 e. The Balaban J connectivity index is 1.28. The molecule has 0 unspecified atom stereocenters. The van der Waals surface area contributed by atoms with Gasteiger partial charge in [-0.1, -0.05) is 54.6 Å². The second-order valence-corrected chi connectivity index (χ2v) is 9.98. The van der Waals surface area contributed by atoms with Crippen molar-refractivity contribution in [2.75, 3.05) is 17.7 Å². The summed E-state index contributed by atoms with van der Waals surface area (Å²) in [6.45, 7) is -0.347. The standard InChI is InChI=1S/C27H18INO4S/c28-16-5-3-6-17(13-16)29-24(30)14-33-25(31)15-34-23-12-11-19-18-7-1-2-8-20(18)27(32)22-10-4-9-21(23)26(19)22/h1-13H,14-15H2,(H,29,30). The van der Waals surface area contributed by atoms with Gasteiger partial charge in [0.1, 0.15) is 0 Å². The molecule has 7 heteroatoms. The monoisotopic (exact) mass is 579 g/mol. The zero-order valence-electron chi connectivity index (χ0n) is 17.8. The summed E-state index contributed by atoms with van der Waals surface area (Å²) < 4.78 is 6.15. The van der Waals surface area contributed by atoms with Crippen molar-refractivity contribution in [1.82, 2.24) is 0 Å². The largest absolute Gasteiger partial charge is 0.455 e. The minimum Gasteiger partial charge on any atom is -0.455 e. The zero-order valence-corrected chi connectivity index (χ0v) is 20.8. The predicted molar refractivity (Wildman–Crippen MR) is 142 cm³/mol. The number of halogens is 1. The zero-order chi connectivity index (χ0) is 23.7. The van der Waals surface area contributed by atoms with Gasteiger partial charge in [0.25, 0.3) is 5.91 Å². The molecule has 0 aromatic heterocycles. The molecule has 0 bridgehead atoms. The van der Waals surface area contributed by atoms with Crippen molar-refractivity contribution in [1.29, 1.82) is 0 Å². The van der Waals surface area contributed by atoms with E-state index in [4.69, 9.17) is 4.74 Å². The van der Waals surface area contributed by atoms with Crippen LogP contribution in [0, 0.1) is 3.57 Å². The molecule has 0 aliphatic heterocycles. The summed E-state index contributed by atoms with van der Waals surface area (Å²) in [5, 5.41) is 4.54. The molecule has 0 atom stereocenters. The van der Waals surface area contributed by atoms with Gasteiger partial charge in [0.2, 0.25) is 0 Å². The molecule has 0 saturated heterocycles. The van der Waals surface area contributed by atoms with Crippen LogP contribution in [0.5, 0.6) is 0 Å². The Labute approximate surface area is 214 Å². The van der Waals surface area contributed by atoms with E-state index in [1.165, 1.54) is 11.8 Å². The molecule has 1 N–H and O–H groups in total. The van der Waals surface area contributed by atoms with E-state index in [0.717, 1.165) is 30.4 Å². The summed E-state index contributed by atoms with van der Waals surface area (Å²) in [5.74, 6) is -0.808. The molecule has 5 nitrogen and oxygen atoms in total. The number of amides is 1. The first-order chi connectivity index (χ1) is 16.5. The van der Waals surface area contributed by atoms with Crippen LogP contribution in [0.4, 0.5) is 5.69 Å². The Hall–Kier alpha value is -3.17. The van der Waals surface area contributed by atoms with E-state index >= 15 is 0 Å². The van der Waals surface area contributed by atoms with Crippen LogP contribution in [0.1, 0.15) is 15.9 Å². The first-order valence-corrected chi connectivity index (χ1v) is 12.6. The van der Waals surface area contributed by atoms with E-state index in [9.17, 15) is 14.4 Å². The van der Waals surface area contributed by atoms with Crippen molar-refractivity contribution < 1.29 is 19.1 Å². The fourth-order valence-corrected chi connectivity index (χ4v) is 5.46. The molecule has 0 fully saturated rings. The third-order valence-electron chi connectivity index (χ3n) is 5.53. The first-order valence-electron chi connectivity index (χ1n) is 10.5. The molecule has 4 aromatic carbocycles. The van der Waals surface area contributed by atoms with Crippen LogP contribution >= 0.6 is 34.4 Å². The number of carbonyl (C=O) groups excluding carboxylic acids is 3. The molecule has 1 aliphatic carbocycles. The molecule has 168 valence electrons. The average molecular weight is 579 g/mol. The van der Waals surface area contributed by atoms with Crippen molar-refractivity contribution in [2.24, 2.45) is 0 Å². The topological polar surface area (TPSA) is 72.5 Å². The van der Waals surface area contributed by atoms with Gasteiger partial charge in [0, 0.05) is 30.7 Å². The van der Waals surface area contributed by atoms with Crippen molar-refractivity contribution in [3.05, 3.63) is 93.6 Å². The quantitative estimate of drug-likeness (QED) is 0.154. The molecule has 0 heterocycles. The average Bonchev–Trinajstić information content (AvgIpc) is 2.85. The predicted octanol–water partition coefficient (Wildman–Crippen LogP) is 5.93. The second-order valence-electron chi connectivity index (χ2n) is 7.72. The third-order valence-corrected chi connectivity index (χ3v) is 7.24. The number of ether oxygens (including phenoxy) is 1. The van der Waals surface area contributed by atoms with E-state index in [2.05, 4.69) is 27.9 Å². The highest BCUT2D eigenvalue weighted by Gasteiger charge is 2.25. The molecule has 5 rings (SSSR count). The molecular weight excluding hydrogens is 561 g/mol. The Morgan fingerprint density at radius 1 is 0.853 bits per heavy atom. The van der Waals surface area contributed by atoms with E-state index in [0.29, 0.717) is 16.8 Å². The highest BCUT2D eigenvalue weighted by atomic mass is 127. The van der Waals surface area contributed by atoms with Crippen LogP contribution in [-0.2, 0) is 14.3 Å². The fourth-order valence-electron chi connectivity index (χ4n) is 4.07. The highest BCUT2D eigenvalue weighted by molar-refractivity contribution is 14.1. The number of carbonyl (C=O) groups is 3. The minimum atomic E-state index is -0.482. The van der Waals surface area contributed by atoms with Gasteiger partial charge in [0.05, 0.1) is 5.75 Å². The number of hydrogen-bond acceptors (Lipinski definition) is 5. The lowest BCUT2D eigenvalue weighted by Gasteiger charge is -2.21. The van der Waals surface area contributed by atoms with Crippen LogP contribution in [0.2, 0.25) is 0 Å². The van der Waals surface area contributed by atoms with Crippen LogP contribution in [0.15, 0.2) is 83.8 Å². The van der Waals surface area contributed by atoms with Gasteiger partial charge in [-0.15, -0.1) is 11.8 Å². The van der Waals surface area contributed by atoms with Gasteiger partial charge in [0.15, 0.2) is 12.4 Å². The SMILES string of the molecule is O=C(COC(=O)CSc1ccc2c3c(cccc13)C(=O)c1ccccc1-2)Nc1cccc(I)c1. The maximum atomic E-state index is 13.1. The van der Waals surface area contributed by atoms with Crippen molar-refractivity contribution in [2.45, 2.75) is 4.90 Å². The lowest BCUT2D eigenvalue weighted by Crippen LogP contribution is -2.21. The van der Waals surface area contributed by atoms with E-state index in [-0.39, 0.29) is 24.1 Å². The van der Waals surface area contributed by atoms with Gasteiger partial charge in [-0.2, -0.15) is 0 Å². The summed E-state index contributed by atoms with van der Waals surface area (Å²) in [6, 6.07) is 24.6. The lowest BCUT2D eigenvalue weighted by molar-refractivity contribution is -0.144. The highest BCUT2D eigenvalue weighted by Crippen LogP contribution is 2.42. The summed E-state index contributed by atoms with van der Waals surface area (Å²) in [4.78, 5) is 38.3. The fraction of sp³-hybridized carbons (Fsp3) is 0.0741. The number of ketones is 1. The number of esters is 1. The minimum absolute atomic E-state index is 0.00868. The number of rotatable bonds is 6. The van der Waals surface area contributed by atoms with Crippen LogP contribution in [0.25, 0.3) is 21.9 Å². The normalized spacial score (nSPS) is 11.7. The molecule has 4 aromatic rings. The maximum absolute atomic E-state index is 13.1. The molecule has 0 radical (unpaired) electrons. The molecular formula is C27H18INO4S. The van der Waals surface area contributed by atoms with Gasteiger partial charge in [-0.3, -0.25) is 14.4 Å². The Morgan fingerprint density at radius 3 is 2.44 bits per heavy atom. The summed E-state index contributed by atoms with van der Waals surface area (Å²) in [5.41, 5.74) is 3.96. The number of thioether (sulfide) groups is 1. The van der Waals surface area contributed by atoms with Crippen LogP contribution < -0.4 is 5.32 Å². The van der Waals surface area contributed by atoms with E-state index in [1.54, 1.807) is 6.07 Å². The van der Waals surface area contributed by atoms with E-state index in [1.807, 2.05) is 72.8 Å². The van der Waals surface area contributed by atoms with Crippen LogP contribution in [-0.4, -0.2) is 30.0 Å². The van der Waals surface area contributed by atoms with Crippen LogP contribution in [0.3, 0.4) is 0 Å². The summed E-state index contributed by atoms with van der Waals surface area (Å²) in [6.07, 6.45) is 0. The lowest BCUT2D eigenvalue weighted by atomic mass is 9.83. The van der Waals surface area contributed by atoms with Crippen molar-refractivity contribution in [3.8, 4) is 11.1 Å². The van der Waals surface area contributed by atoms with Gasteiger partial charge in [-0.05, 0) is 63.4 Å². The smallest absolute Gasteiger partial charge is 0.316 e. The Bertz CT molecular complexity index is 1470. The Kier molecular flexibility index (Phi) is 6.38. The van der Waals surface area contributed by atoms with Gasteiger partial charge < -0.3 is 10.1 Å². The number of anilines is 1. The molecule has 1 aliphatic rings. The number of fused-ring (bicyclic) bond motifs is 2. The molecule has 34 heavy (non-hydrogen) atoms. The van der Waals surface area contributed by atoms with Gasteiger partial charge >= 0.3 is 5.97 Å². The third kappa shape index (κ3) is 4.45. The number of nitrogens with one attached hydrogen (secondary N) is 1. The summed E-state index contributed by atoms with van der Waals surface area (Å²) in [7, 11) is 0. The van der Waals surface area contributed by atoms with Gasteiger partial charge in [-0.25, -0.2) is 0 Å². The Morgan fingerprint density at radius 2 is 1.62 bits per heavy atom. The molecule has 0 spiro atoms. The second kappa shape index (κ2) is 9.60. The van der Waals surface area contributed by atoms with Crippen molar-refractivity contribution in [3.63, 3.8) is 0 Å². The first kappa shape index (κ1) is 22.6. The molecule has 0 saturated carbocycles. The van der Waals surface area contributed by atoms with E-state index < -0.39 is 5.97 Å². The summed E-state index contributed by atoms with van der Waals surface area (Å²) >= 11 is 3.49.